The molecule has 0 aromatic carbocycles. The highest BCUT2D eigenvalue weighted by Gasteiger charge is 2.38. The number of carboxylic acids is 2. The second-order valence-electron chi connectivity index (χ2n) is 8.00. The zero-order valence-corrected chi connectivity index (χ0v) is 18.9. The fourth-order valence-electron chi connectivity index (χ4n) is 3.50. The minimum absolute atomic E-state index is 0.827. The summed E-state index contributed by atoms with van der Waals surface area (Å²) in [5.41, 5.74) is 0. The first-order valence-corrected chi connectivity index (χ1v) is 10.8. The van der Waals surface area contributed by atoms with Crippen LogP contribution in [0.15, 0.2) is 0 Å². The molecule has 0 atom stereocenters. The summed E-state index contributed by atoms with van der Waals surface area (Å²) in [7, 11) is 2.33. The molecule has 2 fully saturated rings. The van der Waals surface area contributed by atoms with Crippen molar-refractivity contribution in [2.24, 2.45) is 5.92 Å². The first-order valence-electron chi connectivity index (χ1n) is 10.8. The lowest BCUT2D eigenvalue weighted by Gasteiger charge is -2.37. The number of nitrogens with zero attached hydrogens (tertiary/aromatic N) is 2. The number of hydrogen-bond donors (Lipinski definition) is 2. The van der Waals surface area contributed by atoms with E-state index in [9.17, 15) is 26.3 Å². The van der Waals surface area contributed by atoms with Gasteiger partial charge in [-0.25, -0.2) is 9.59 Å². The predicted octanol–water partition coefficient (Wildman–Crippen LogP) is 3.88. The molecular weight excluding hydrogens is 462 g/mol. The molecule has 2 saturated heterocycles. The summed E-state index contributed by atoms with van der Waals surface area (Å²) < 4.78 is 68.9. The normalized spacial score (nSPS) is 18.7. The van der Waals surface area contributed by atoms with Crippen LogP contribution in [0, 0.1) is 5.92 Å². The summed E-state index contributed by atoms with van der Waals surface area (Å²) in [6, 6.07) is 0.827. The summed E-state index contributed by atoms with van der Waals surface area (Å²) in [6.45, 7) is 9.45. The van der Waals surface area contributed by atoms with Crippen molar-refractivity contribution in [3.05, 3.63) is 0 Å². The molecule has 2 heterocycles. The summed E-state index contributed by atoms with van der Waals surface area (Å²) >= 11 is 0. The Bertz CT molecular complexity index is 536. The summed E-state index contributed by atoms with van der Waals surface area (Å²) in [4.78, 5) is 23.0. The van der Waals surface area contributed by atoms with Gasteiger partial charge in [-0.3, -0.25) is 0 Å². The number of halogens is 6. The molecule has 13 heteroatoms. The van der Waals surface area contributed by atoms with Crippen molar-refractivity contribution in [2.45, 2.75) is 63.8 Å². The molecule has 0 aromatic heterocycles. The van der Waals surface area contributed by atoms with Gasteiger partial charge in [0.25, 0.3) is 0 Å². The van der Waals surface area contributed by atoms with Crippen molar-refractivity contribution < 1.29 is 50.9 Å². The Balaban J connectivity index is 0.000000605. The number of carbonyl (C=O) groups is 2. The average molecular weight is 496 g/mol. The van der Waals surface area contributed by atoms with Crippen molar-refractivity contribution in [3.8, 4) is 0 Å². The maximum Gasteiger partial charge on any atom is 0.490 e. The SMILES string of the molecule is CCCN1CCC(N(C)CCC2CCOCC2)CC1.O=C(O)C(F)(F)F.O=C(O)C(F)(F)F. The fraction of sp³-hybridized carbons (Fsp3) is 0.900. The molecule has 0 bridgehead atoms. The lowest BCUT2D eigenvalue weighted by Crippen LogP contribution is -2.44. The molecule has 2 rings (SSSR count). The van der Waals surface area contributed by atoms with Crippen LogP contribution >= 0.6 is 0 Å². The minimum atomic E-state index is -5.08. The maximum atomic E-state index is 10.6. The second-order valence-corrected chi connectivity index (χ2v) is 8.00. The van der Waals surface area contributed by atoms with Gasteiger partial charge in [0, 0.05) is 19.3 Å². The van der Waals surface area contributed by atoms with Gasteiger partial charge in [-0.05, 0) is 77.7 Å². The maximum absolute atomic E-state index is 10.6. The Morgan fingerprint density at radius 2 is 1.36 bits per heavy atom. The Labute approximate surface area is 189 Å². The van der Waals surface area contributed by atoms with E-state index < -0.39 is 24.3 Å². The van der Waals surface area contributed by atoms with E-state index in [4.69, 9.17) is 24.5 Å². The third-order valence-corrected chi connectivity index (χ3v) is 5.44. The number of piperidine rings is 1. The average Bonchev–Trinajstić information content (AvgIpc) is 2.73. The van der Waals surface area contributed by atoms with E-state index in [2.05, 4.69) is 23.8 Å². The number of carboxylic acid groups (broad SMARTS) is 2. The number of hydrogen-bond acceptors (Lipinski definition) is 5. The van der Waals surface area contributed by atoms with Gasteiger partial charge in [0.1, 0.15) is 0 Å². The standard InChI is InChI=1S/C16H32N2O.2C2HF3O2/c1-3-9-18-11-5-16(6-12-18)17(2)10-4-15-7-13-19-14-8-15;2*3-2(4,5)1(6)7/h15-16H,3-14H2,1-2H3;2*(H,6,7). The van der Waals surface area contributed by atoms with Crippen molar-refractivity contribution in [2.75, 3.05) is 46.4 Å². The Kier molecular flexibility index (Phi) is 14.6. The molecule has 0 saturated carbocycles. The Morgan fingerprint density at radius 3 is 1.73 bits per heavy atom. The van der Waals surface area contributed by atoms with Gasteiger partial charge < -0.3 is 24.7 Å². The van der Waals surface area contributed by atoms with Gasteiger partial charge in [0.05, 0.1) is 0 Å². The lowest BCUT2D eigenvalue weighted by atomic mass is 9.95. The number of ether oxygens (including phenoxy) is 1. The Hall–Kier alpha value is -1.60. The molecule has 0 amide bonds. The highest BCUT2D eigenvalue weighted by Crippen LogP contribution is 2.21. The van der Waals surface area contributed by atoms with Crippen LogP contribution in [0.2, 0.25) is 0 Å². The third kappa shape index (κ3) is 15.0. The van der Waals surface area contributed by atoms with Gasteiger partial charge in [-0.1, -0.05) is 6.92 Å². The lowest BCUT2D eigenvalue weighted by molar-refractivity contribution is -0.193. The number of rotatable bonds is 6. The van der Waals surface area contributed by atoms with Crippen molar-refractivity contribution in [1.29, 1.82) is 0 Å². The first kappa shape index (κ1) is 31.4. The molecule has 2 aliphatic rings. The molecule has 0 radical (unpaired) electrons. The van der Waals surface area contributed by atoms with Crippen LogP contribution in [0.3, 0.4) is 0 Å². The van der Waals surface area contributed by atoms with Crippen molar-refractivity contribution >= 4 is 11.9 Å². The predicted molar refractivity (Wildman–Crippen MR) is 108 cm³/mol. The van der Waals surface area contributed by atoms with E-state index >= 15 is 0 Å². The minimum Gasteiger partial charge on any atom is -0.475 e. The summed E-state index contributed by atoms with van der Waals surface area (Å²) in [5, 5.41) is 14.2. The van der Waals surface area contributed by atoms with Crippen LogP contribution < -0.4 is 0 Å². The van der Waals surface area contributed by atoms with E-state index in [1.165, 1.54) is 64.7 Å². The van der Waals surface area contributed by atoms with E-state index in [0.717, 1.165) is 25.2 Å². The number of aliphatic carboxylic acids is 2. The first-order chi connectivity index (χ1) is 15.2. The summed E-state index contributed by atoms with van der Waals surface area (Å²) in [6.07, 6.45) is -2.21. The largest absolute Gasteiger partial charge is 0.490 e. The number of likely N-dealkylation sites (tertiary alicyclic amines) is 1. The highest BCUT2D eigenvalue weighted by molar-refractivity contribution is 5.73. The van der Waals surface area contributed by atoms with E-state index in [1.807, 2.05) is 0 Å². The third-order valence-electron chi connectivity index (χ3n) is 5.44. The Morgan fingerprint density at radius 1 is 0.939 bits per heavy atom. The quantitative estimate of drug-likeness (QED) is 0.540. The molecule has 7 nitrogen and oxygen atoms in total. The zero-order chi connectivity index (χ0) is 25.7. The second kappa shape index (κ2) is 15.3. The topological polar surface area (TPSA) is 90.3 Å². The molecule has 0 aromatic rings. The van der Waals surface area contributed by atoms with Crippen LogP contribution in [0.4, 0.5) is 26.3 Å². The van der Waals surface area contributed by atoms with Gasteiger partial charge in [0.15, 0.2) is 0 Å². The number of alkyl halides is 6. The van der Waals surface area contributed by atoms with Crippen LogP contribution in [0.1, 0.15) is 45.4 Å². The van der Waals surface area contributed by atoms with E-state index in [0.29, 0.717) is 0 Å². The van der Waals surface area contributed by atoms with Crippen LogP contribution in [-0.2, 0) is 14.3 Å². The van der Waals surface area contributed by atoms with Crippen LogP contribution in [-0.4, -0.2) is 96.8 Å². The molecule has 0 aliphatic carbocycles. The van der Waals surface area contributed by atoms with Gasteiger partial charge in [0.2, 0.25) is 0 Å². The summed E-state index contributed by atoms with van der Waals surface area (Å²) in [5.74, 6) is -4.60. The molecule has 0 unspecified atom stereocenters. The molecule has 196 valence electrons. The molecule has 0 spiro atoms. The fourth-order valence-corrected chi connectivity index (χ4v) is 3.50. The van der Waals surface area contributed by atoms with Gasteiger partial charge >= 0.3 is 24.3 Å². The molecule has 2 aliphatic heterocycles. The van der Waals surface area contributed by atoms with Gasteiger partial charge in [-0.2, -0.15) is 26.3 Å². The van der Waals surface area contributed by atoms with E-state index in [-0.39, 0.29) is 0 Å². The molecule has 2 N–H and O–H groups in total. The zero-order valence-electron chi connectivity index (χ0n) is 18.9. The highest BCUT2D eigenvalue weighted by atomic mass is 19.4. The van der Waals surface area contributed by atoms with Crippen molar-refractivity contribution in [1.82, 2.24) is 9.80 Å². The van der Waals surface area contributed by atoms with E-state index in [1.54, 1.807) is 0 Å². The molecule has 33 heavy (non-hydrogen) atoms. The smallest absolute Gasteiger partial charge is 0.475 e. The monoisotopic (exact) mass is 496 g/mol. The molecular formula is C20H34F6N2O5. The van der Waals surface area contributed by atoms with Crippen LogP contribution in [0.5, 0.6) is 0 Å². The van der Waals surface area contributed by atoms with Gasteiger partial charge in [-0.15, -0.1) is 0 Å². The van der Waals surface area contributed by atoms with Crippen molar-refractivity contribution in [3.63, 3.8) is 0 Å². The van der Waals surface area contributed by atoms with Crippen LogP contribution in [0.25, 0.3) is 0 Å².